The summed E-state index contributed by atoms with van der Waals surface area (Å²) < 4.78 is 28.8. The van der Waals surface area contributed by atoms with E-state index in [9.17, 15) is 23.4 Å². The van der Waals surface area contributed by atoms with Crippen LogP contribution in [-0.4, -0.2) is 59.6 Å². The number of amides is 1. The molecule has 3 N–H and O–H groups in total. The molecular weight excluding hydrogens is 504 g/mol. The van der Waals surface area contributed by atoms with Crippen molar-refractivity contribution in [2.24, 2.45) is 5.41 Å². The minimum Gasteiger partial charge on any atom is -0.530 e. The van der Waals surface area contributed by atoms with Gasteiger partial charge in [-0.1, -0.05) is 50.2 Å². The summed E-state index contributed by atoms with van der Waals surface area (Å²) in [7, 11) is -4.14. The van der Waals surface area contributed by atoms with Crippen molar-refractivity contribution >= 4 is 21.8 Å². The highest BCUT2D eigenvalue weighted by molar-refractivity contribution is 7.89. The normalized spacial score (nSPS) is 14.1. The van der Waals surface area contributed by atoms with Crippen LogP contribution in [-0.2, 0) is 16.4 Å². The molecule has 0 aliphatic heterocycles. The van der Waals surface area contributed by atoms with Crippen LogP contribution in [0.15, 0.2) is 59.5 Å². The average Bonchev–Trinajstić information content (AvgIpc) is 2.81. The fourth-order valence-corrected chi connectivity index (χ4v) is 6.22. The molecule has 38 heavy (non-hydrogen) atoms. The summed E-state index contributed by atoms with van der Waals surface area (Å²) in [6.45, 7) is 8.41. The van der Waals surface area contributed by atoms with E-state index in [1.165, 1.54) is 18.2 Å². The van der Waals surface area contributed by atoms with Crippen LogP contribution in [0, 0.1) is 16.7 Å². The van der Waals surface area contributed by atoms with E-state index in [4.69, 9.17) is 11.0 Å². The highest BCUT2D eigenvalue weighted by Gasteiger charge is 2.38. The van der Waals surface area contributed by atoms with Gasteiger partial charge in [0, 0.05) is 30.7 Å². The molecule has 0 bridgehead atoms. The minimum atomic E-state index is -4.14. The molecule has 208 valence electrons. The van der Waals surface area contributed by atoms with Gasteiger partial charge in [-0.15, -0.1) is 0 Å². The molecule has 2 aromatic rings. The van der Waals surface area contributed by atoms with Crippen LogP contribution in [0.1, 0.15) is 53.0 Å². The molecular formula is C28H39N4O5S-. The third-order valence-corrected chi connectivity index (χ3v) is 8.20. The number of carbonyl (C=O) groups excluding carboxylic acids is 1. The van der Waals surface area contributed by atoms with Crippen molar-refractivity contribution in [2.45, 2.75) is 76.5 Å². The Hall–Kier alpha value is -3.13. The predicted octanol–water partition coefficient (Wildman–Crippen LogP) is 3.01. The Morgan fingerprint density at radius 3 is 2.26 bits per heavy atom. The first-order chi connectivity index (χ1) is 17.6. The highest BCUT2D eigenvalue weighted by Crippen LogP contribution is 2.29. The van der Waals surface area contributed by atoms with Gasteiger partial charge in [0.05, 0.1) is 23.1 Å². The Labute approximate surface area is 226 Å². The van der Waals surface area contributed by atoms with E-state index in [1.807, 2.05) is 44.2 Å². The number of carbonyl (C=O) groups is 1. The Morgan fingerprint density at radius 1 is 1.11 bits per heavy atom. The molecule has 0 aliphatic carbocycles. The van der Waals surface area contributed by atoms with Crippen LogP contribution < -0.4 is 10.8 Å². The van der Waals surface area contributed by atoms with E-state index in [0.29, 0.717) is 6.42 Å². The second-order valence-electron chi connectivity index (χ2n) is 11.3. The van der Waals surface area contributed by atoms with Crippen molar-refractivity contribution in [3.63, 3.8) is 0 Å². The van der Waals surface area contributed by atoms with Gasteiger partial charge in [-0.2, -0.15) is 9.57 Å². The van der Waals surface area contributed by atoms with E-state index >= 15 is 0 Å². The van der Waals surface area contributed by atoms with Gasteiger partial charge >= 0.3 is 0 Å². The number of aliphatic hydroxyl groups is 1. The third-order valence-electron chi connectivity index (χ3n) is 6.39. The average molecular weight is 544 g/mol. The quantitative estimate of drug-likeness (QED) is 0.391. The molecule has 0 unspecified atom stereocenters. The van der Waals surface area contributed by atoms with Crippen LogP contribution in [0.4, 0.5) is 10.5 Å². The van der Waals surface area contributed by atoms with Gasteiger partial charge in [0.2, 0.25) is 10.0 Å². The molecule has 0 heterocycles. The van der Waals surface area contributed by atoms with E-state index in [-0.39, 0.29) is 36.5 Å². The van der Waals surface area contributed by atoms with Gasteiger partial charge in [0.25, 0.3) is 0 Å². The number of sulfonamides is 1. The Morgan fingerprint density at radius 2 is 1.74 bits per heavy atom. The van der Waals surface area contributed by atoms with Gasteiger partial charge in [-0.25, -0.2) is 8.42 Å². The Bertz CT molecular complexity index is 1220. The molecule has 2 atom stereocenters. The van der Waals surface area contributed by atoms with Crippen LogP contribution in [0.25, 0.3) is 0 Å². The molecule has 0 radical (unpaired) electrons. The first kappa shape index (κ1) is 31.1. The first-order valence-corrected chi connectivity index (χ1v) is 14.0. The van der Waals surface area contributed by atoms with Crippen molar-refractivity contribution in [2.75, 3.05) is 18.8 Å². The second kappa shape index (κ2) is 12.6. The predicted molar refractivity (Wildman–Crippen MR) is 145 cm³/mol. The standard InChI is InChI=1S/C28H40N4O5S/c1-27(2,3)32(26(34)35)24(17-21-11-7-6-8-12-21)25(33)19-31(20-28(4,5)15-10-16-29)38(36,37)23-14-9-13-22(30)18-23/h6-9,11-14,18,24-25,33H,10,15,17,19-20,30H2,1-5H3,(H,34,35)/p-1/t24-,25+/m0/s1. The number of benzene rings is 2. The number of nitriles is 1. The lowest BCUT2D eigenvalue weighted by Crippen LogP contribution is -2.62. The molecule has 0 fully saturated rings. The molecule has 0 aromatic heterocycles. The van der Waals surface area contributed by atoms with E-state index in [0.717, 1.165) is 14.8 Å². The van der Waals surface area contributed by atoms with Crippen LogP contribution >= 0.6 is 0 Å². The van der Waals surface area contributed by atoms with Crippen LogP contribution in [0.3, 0.4) is 0 Å². The SMILES string of the molecule is CC(C)(CCC#N)CN(C[C@@H](O)[C@H](Cc1ccccc1)N(C(=O)[O-])C(C)(C)C)S(=O)(=O)c1cccc(N)c1. The van der Waals surface area contributed by atoms with Crippen molar-refractivity contribution in [3.05, 3.63) is 60.2 Å². The smallest absolute Gasteiger partial charge is 0.243 e. The lowest BCUT2D eigenvalue weighted by atomic mass is 9.87. The number of nitrogens with zero attached hydrogens (tertiary/aromatic N) is 3. The molecule has 2 aromatic carbocycles. The molecule has 10 heteroatoms. The van der Waals surface area contributed by atoms with Crippen molar-refractivity contribution in [1.29, 1.82) is 5.26 Å². The maximum Gasteiger partial charge on any atom is 0.243 e. The summed E-state index contributed by atoms with van der Waals surface area (Å²) in [6.07, 6.45) is -2.03. The number of nitrogens with two attached hydrogens (primary N) is 1. The summed E-state index contributed by atoms with van der Waals surface area (Å²) in [5.41, 5.74) is 5.38. The van der Waals surface area contributed by atoms with E-state index in [1.54, 1.807) is 26.8 Å². The molecule has 0 aliphatic rings. The number of nitrogen functional groups attached to an aromatic ring is 1. The first-order valence-electron chi connectivity index (χ1n) is 12.5. The third kappa shape index (κ3) is 8.45. The molecule has 0 spiro atoms. The van der Waals surface area contributed by atoms with Crippen LogP contribution in [0.5, 0.6) is 0 Å². The Kier molecular flexibility index (Phi) is 10.3. The summed E-state index contributed by atoms with van der Waals surface area (Å²) in [5.74, 6) is 0. The van der Waals surface area contributed by atoms with Crippen molar-refractivity contribution < 1.29 is 23.4 Å². The summed E-state index contributed by atoms with van der Waals surface area (Å²) in [5, 5.41) is 32.9. The summed E-state index contributed by atoms with van der Waals surface area (Å²) in [6, 6.07) is 16.1. The lowest BCUT2D eigenvalue weighted by Gasteiger charge is -2.46. The maximum absolute atomic E-state index is 13.8. The fourth-order valence-electron chi connectivity index (χ4n) is 4.51. The van der Waals surface area contributed by atoms with Gasteiger partial charge in [0.15, 0.2) is 0 Å². The Balaban J connectivity index is 2.55. The zero-order chi connectivity index (χ0) is 28.7. The van der Waals surface area contributed by atoms with Crippen LogP contribution in [0.2, 0.25) is 0 Å². The fraction of sp³-hybridized carbons (Fsp3) is 0.500. The summed E-state index contributed by atoms with van der Waals surface area (Å²) >= 11 is 0. The zero-order valence-corrected chi connectivity index (χ0v) is 23.6. The van der Waals surface area contributed by atoms with Gasteiger partial charge in [-0.05, 0) is 62.8 Å². The topological polar surface area (TPSA) is 151 Å². The van der Waals surface area contributed by atoms with Gasteiger partial charge in [0.1, 0.15) is 6.09 Å². The monoisotopic (exact) mass is 543 g/mol. The molecule has 0 saturated heterocycles. The molecule has 9 nitrogen and oxygen atoms in total. The largest absolute Gasteiger partial charge is 0.530 e. The molecule has 2 rings (SSSR count). The number of hydrogen-bond donors (Lipinski definition) is 2. The van der Waals surface area contributed by atoms with Gasteiger partial charge < -0.3 is 25.6 Å². The van der Waals surface area contributed by atoms with Gasteiger partial charge in [-0.3, -0.25) is 0 Å². The van der Waals surface area contributed by atoms with E-state index < -0.39 is 39.2 Å². The number of rotatable bonds is 12. The number of hydrogen-bond acceptors (Lipinski definition) is 7. The number of aliphatic hydroxyl groups excluding tert-OH is 1. The molecule has 0 saturated carbocycles. The van der Waals surface area contributed by atoms with E-state index in [2.05, 4.69) is 6.07 Å². The second-order valence-corrected chi connectivity index (χ2v) is 13.3. The lowest BCUT2D eigenvalue weighted by molar-refractivity contribution is -0.275. The number of carboxylic acid groups (broad SMARTS) is 1. The zero-order valence-electron chi connectivity index (χ0n) is 22.8. The molecule has 1 amide bonds. The number of anilines is 1. The maximum atomic E-state index is 13.8. The highest BCUT2D eigenvalue weighted by atomic mass is 32.2. The minimum absolute atomic E-state index is 0.00175. The van der Waals surface area contributed by atoms with Crippen molar-refractivity contribution in [1.82, 2.24) is 9.21 Å². The van der Waals surface area contributed by atoms with Crippen molar-refractivity contribution in [3.8, 4) is 6.07 Å². The summed E-state index contributed by atoms with van der Waals surface area (Å²) in [4.78, 5) is 13.3.